The van der Waals surface area contributed by atoms with Gasteiger partial charge in [0.1, 0.15) is 0 Å². The Labute approximate surface area is 368 Å². The minimum Gasteiger partial charge on any atom is -0.310 e. The molecule has 0 unspecified atom stereocenters. The van der Waals surface area contributed by atoms with Gasteiger partial charge in [-0.05, 0) is 148 Å². The summed E-state index contributed by atoms with van der Waals surface area (Å²) in [5.74, 6) is 1.33. The van der Waals surface area contributed by atoms with Crippen molar-refractivity contribution in [2.24, 2.45) is 0 Å². The zero-order chi connectivity index (χ0) is 41.7. The maximum atomic E-state index is 2.58. The van der Waals surface area contributed by atoms with Crippen molar-refractivity contribution in [2.45, 2.75) is 115 Å². The average molecular weight is 807 g/mol. The van der Waals surface area contributed by atoms with Crippen LogP contribution in [0.15, 0.2) is 146 Å². The Hall–Kier alpha value is -5.86. The highest BCUT2D eigenvalue weighted by Crippen LogP contribution is 2.54. The fraction of sp³-hybridized carbons (Fsp3) is 0.300. The van der Waals surface area contributed by atoms with E-state index < -0.39 is 0 Å². The van der Waals surface area contributed by atoms with Gasteiger partial charge in [0, 0.05) is 44.4 Å². The third-order valence-corrected chi connectivity index (χ3v) is 16.0. The second-order valence-corrected chi connectivity index (χ2v) is 20.2. The van der Waals surface area contributed by atoms with E-state index in [1.807, 2.05) is 0 Å². The molecule has 0 N–H and O–H groups in total. The number of rotatable bonds is 6. The molecule has 0 bridgehead atoms. The highest BCUT2D eigenvalue weighted by molar-refractivity contribution is 6.10. The van der Waals surface area contributed by atoms with Crippen LogP contribution in [0.3, 0.4) is 0 Å². The molecule has 0 aliphatic heterocycles. The molecule has 308 valence electrons. The van der Waals surface area contributed by atoms with Gasteiger partial charge in [-0.1, -0.05) is 157 Å². The summed E-state index contributed by atoms with van der Waals surface area (Å²) in [7, 11) is 0. The maximum absolute atomic E-state index is 2.58. The molecule has 4 aliphatic carbocycles. The lowest BCUT2D eigenvalue weighted by Crippen LogP contribution is -2.18. The largest absolute Gasteiger partial charge is 0.310 e. The van der Waals surface area contributed by atoms with Crippen molar-refractivity contribution in [3.63, 3.8) is 0 Å². The van der Waals surface area contributed by atoms with Gasteiger partial charge in [0.15, 0.2) is 0 Å². The number of para-hydroxylation sites is 1. The maximum Gasteiger partial charge on any atom is 0.0561 e. The average Bonchev–Trinajstić information content (AvgIpc) is 3.85. The van der Waals surface area contributed by atoms with E-state index in [-0.39, 0.29) is 10.8 Å². The molecule has 0 saturated heterocycles. The van der Waals surface area contributed by atoms with Crippen LogP contribution in [0, 0.1) is 0 Å². The van der Waals surface area contributed by atoms with Crippen LogP contribution in [0.2, 0.25) is 0 Å². The van der Waals surface area contributed by atoms with E-state index in [9.17, 15) is 0 Å². The molecule has 1 aromatic heterocycles. The minimum absolute atomic E-state index is 0.106. The second-order valence-electron chi connectivity index (χ2n) is 20.2. The molecule has 2 fully saturated rings. The number of hydrogen-bond donors (Lipinski definition) is 0. The molecule has 8 aromatic rings. The van der Waals surface area contributed by atoms with Gasteiger partial charge < -0.3 is 9.47 Å². The van der Waals surface area contributed by atoms with Gasteiger partial charge >= 0.3 is 0 Å². The monoisotopic (exact) mass is 806 g/mol. The standard InChI is InChI=1S/C60H58N2/c1-59(2)53-23-15-14-22-47(53)49-31-26-44(36-55(49)59)61(45-27-32-50-48-29-24-41(39-16-8-5-9-17-39)34-54(48)60(3,4)56(50)37-45)46-28-33-52-51-30-25-42(40-18-10-6-11-19-40)35-57(51)62(58(52)38-46)43-20-12-7-13-21-43/h7,12-15,20-40H,5-6,8-11,16-19H2,1-4H3. The van der Waals surface area contributed by atoms with E-state index in [1.165, 1.54) is 159 Å². The van der Waals surface area contributed by atoms with Crippen molar-refractivity contribution < 1.29 is 0 Å². The van der Waals surface area contributed by atoms with Crippen LogP contribution in [-0.4, -0.2) is 4.57 Å². The summed E-state index contributed by atoms with van der Waals surface area (Å²) in [6.45, 7) is 9.71. The molecule has 1 heterocycles. The number of benzene rings is 7. The minimum atomic E-state index is -0.113. The van der Waals surface area contributed by atoms with Crippen molar-refractivity contribution in [1.82, 2.24) is 4.57 Å². The summed E-state index contributed by atoms with van der Waals surface area (Å²) in [5.41, 5.74) is 21.3. The number of anilines is 3. The molecule has 0 atom stereocenters. The molecule has 4 aliphatic rings. The summed E-state index contributed by atoms with van der Waals surface area (Å²) >= 11 is 0. The molecule has 2 saturated carbocycles. The summed E-state index contributed by atoms with van der Waals surface area (Å²) in [4.78, 5) is 2.55. The normalized spacial score (nSPS) is 17.8. The lowest BCUT2D eigenvalue weighted by molar-refractivity contribution is 0.443. The molecule has 2 nitrogen and oxygen atoms in total. The van der Waals surface area contributed by atoms with Gasteiger partial charge in [-0.3, -0.25) is 0 Å². The molecule has 0 spiro atoms. The molecule has 12 rings (SSSR count). The smallest absolute Gasteiger partial charge is 0.0561 e. The Balaban J connectivity index is 1.05. The van der Waals surface area contributed by atoms with Crippen LogP contribution in [0.1, 0.15) is 137 Å². The predicted octanol–water partition coefficient (Wildman–Crippen LogP) is 17.0. The molecule has 7 aromatic carbocycles. The number of hydrogen-bond acceptors (Lipinski definition) is 1. The Bertz CT molecular complexity index is 3040. The van der Waals surface area contributed by atoms with E-state index in [2.05, 4.69) is 183 Å². The van der Waals surface area contributed by atoms with Crippen molar-refractivity contribution >= 4 is 38.9 Å². The van der Waals surface area contributed by atoms with Crippen molar-refractivity contribution in [1.29, 1.82) is 0 Å². The van der Waals surface area contributed by atoms with Crippen LogP contribution < -0.4 is 4.90 Å². The predicted molar refractivity (Wildman–Crippen MR) is 262 cm³/mol. The topological polar surface area (TPSA) is 8.17 Å². The van der Waals surface area contributed by atoms with Gasteiger partial charge in [-0.25, -0.2) is 0 Å². The zero-order valence-electron chi connectivity index (χ0n) is 37.0. The molecule has 0 radical (unpaired) electrons. The first kappa shape index (κ1) is 37.9. The Kier molecular flexibility index (Phi) is 8.76. The molecular formula is C60H58N2. The molecule has 62 heavy (non-hydrogen) atoms. The van der Waals surface area contributed by atoms with Gasteiger partial charge in [0.25, 0.3) is 0 Å². The summed E-state index contributed by atoms with van der Waals surface area (Å²) in [6, 6.07) is 56.7. The van der Waals surface area contributed by atoms with Crippen LogP contribution in [0.4, 0.5) is 17.1 Å². The first-order valence-electron chi connectivity index (χ1n) is 23.7. The van der Waals surface area contributed by atoms with Crippen molar-refractivity contribution in [3.05, 3.63) is 179 Å². The fourth-order valence-electron chi connectivity index (χ4n) is 12.6. The fourth-order valence-corrected chi connectivity index (χ4v) is 12.6. The number of aromatic nitrogens is 1. The SMILES string of the molecule is CC1(C)c2ccccc2-c2ccc(N(c3ccc4c(c3)C(C)(C)c3cc(C5CCCCC5)ccc3-4)c3ccc4c5ccc(C6CCCCC6)cc5n(-c5ccccc5)c4c3)cc21. The Morgan fingerprint density at radius 3 is 1.50 bits per heavy atom. The second kappa shape index (κ2) is 14.3. The number of fused-ring (bicyclic) bond motifs is 9. The van der Waals surface area contributed by atoms with Crippen LogP contribution in [0.5, 0.6) is 0 Å². The molecular weight excluding hydrogens is 749 g/mol. The van der Waals surface area contributed by atoms with Gasteiger partial charge in [0.2, 0.25) is 0 Å². The first-order chi connectivity index (χ1) is 30.3. The third-order valence-electron chi connectivity index (χ3n) is 16.0. The zero-order valence-corrected chi connectivity index (χ0v) is 37.0. The lowest BCUT2D eigenvalue weighted by Gasteiger charge is -2.30. The summed E-state index contributed by atoms with van der Waals surface area (Å²) in [6.07, 6.45) is 13.4. The third kappa shape index (κ3) is 5.82. The van der Waals surface area contributed by atoms with Crippen molar-refractivity contribution in [2.75, 3.05) is 4.90 Å². The molecule has 2 heteroatoms. The van der Waals surface area contributed by atoms with E-state index in [1.54, 1.807) is 5.56 Å². The van der Waals surface area contributed by atoms with Gasteiger partial charge in [-0.15, -0.1) is 0 Å². The summed E-state index contributed by atoms with van der Waals surface area (Å²) in [5, 5.41) is 2.62. The van der Waals surface area contributed by atoms with Gasteiger partial charge in [-0.2, -0.15) is 0 Å². The highest BCUT2D eigenvalue weighted by Gasteiger charge is 2.38. The first-order valence-corrected chi connectivity index (χ1v) is 23.7. The van der Waals surface area contributed by atoms with Crippen LogP contribution in [-0.2, 0) is 10.8 Å². The Morgan fingerprint density at radius 1 is 0.403 bits per heavy atom. The van der Waals surface area contributed by atoms with E-state index in [0.29, 0.717) is 11.8 Å². The molecule has 0 amide bonds. The van der Waals surface area contributed by atoms with Crippen LogP contribution in [0.25, 0.3) is 49.7 Å². The Morgan fingerprint density at radius 2 is 0.855 bits per heavy atom. The van der Waals surface area contributed by atoms with E-state index in [0.717, 1.165) is 0 Å². The van der Waals surface area contributed by atoms with Crippen molar-refractivity contribution in [3.8, 4) is 27.9 Å². The van der Waals surface area contributed by atoms with Gasteiger partial charge in [0.05, 0.1) is 11.0 Å². The quantitative estimate of drug-likeness (QED) is 0.162. The summed E-state index contributed by atoms with van der Waals surface area (Å²) < 4.78 is 2.54. The highest BCUT2D eigenvalue weighted by atomic mass is 15.1. The van der Waals surface area contributed by atoms with E-state index in [4.69, 9.17) is 0 Å². The number of nitrogens with zero attached hydrogens (tertiary/aromatic N) is 2. The van der Waals surface area contributed by atoms with E-state index >= 15 is 0 Å². The van der Waals surface area contributed by atoms with Crippen LogP contribution >= 0.6 is 0 Å². The lowest BCUT2D eigenvalue weighted by atomic mass is 9.79.